The van der Waals surface area contributed by atoms with E-state index in [-0.39, 0.29) is 6.42 Å². The zero-order chi connectivity index (χ0) is 23.1. The molecule has 0 aliphatic rings. The first-order valence-electron chi connectivity index (χ1n) is 8.24. The second-order valence-corrected chi connectivity index (χ2v) is 9.35. The molecule has 0 amide bonds. The average molecular weight is 490 g/mol. The highest BCUT2D eigenvalue weighted by Crippen LogP contribution is 2.40. The van der Waals surface area contributed by atoms with E-state index >= 15 is 0 Å². The number of carbonyl (C=O) groups is 2. The lowest BCUT2D eigenvalue weighted by Gasteiger charge is -2.31. The highest BCUT2D eigenvalue weighted by atomic mass is 32.2. The Kier molecular flexibility index (Phi) is 10.5. The first kappa shape index (κ1) is 27.1. The number of halogens is 3. The van der Waals surface area contributed by atoms with Crippen LogP contribution in [0.5, 0.6) is 0 Å². The van der Waals surface area contributed by atoms with Crippen molar-refractivity contribution in [2.24, 2.45) is 11.1 Å². The number of rotatable bonds is 10. The van der Waals surface area contributed by atoms with Crippen molar-refractivity contribution in [3.8, 4) is 0 Å². The van der Waals surface area contributed by atoms with Gasteiger partial charge in [0.2, 0.25) is 0 Å². The quantitative estimate of drug-likeness (QED) is 0.293. The predicted octanol–water partition coefficient (Wildman–Crippen LogP) is 4.18. The normalized spacial score (nSPS) is 13.2. The predicted molar refractivity (Wildman–Crippen MR) is 108 cm³/mol. The van der Waals surface area contributed by atoms with Crippen LogP contribution in [0.3, 0.4) is 0 Å². The zero-order valence-electron chi connectivity index (χ0n) is 16.8. The lowest BCUT2D eigenvalue weighted by Crippen LogP contribution is -2.48. The summed E-state index contributed by atoms with van der Waals surface area (Å²) >= 11 is 3.24. The third kappa shape index (κ3) is 7.62. The van der Waals surface area contributed by atoms with Crippen molar-refractivity contribution in [2.75, 3.05) is 21.3 Å². The molecule has 0 aromatic heterocycles. The maximum atomic E-state index is 12.4. The molecule has 7 nitrogen and oxygen atoms in total. The number of hydrogen-bond donors (Lipinski definition) is 1. The van der Waals surface area contributed by atoms with Crippen LogP contribution in [-0.4, -0.2) is 45.5 Å². The molecule has 1 atom stereocenters. The van der Waals surface area contributed by atoms with Crippen LogP contribution in [0.1, 0.15) is 19.4 Å². The highest BCUT2D eigenvalue weighted by Gasteiger charge is 2.45. The lowest BCUT2D eigenvalue weighted by molar-refractivity contribution is -0.202. The van der Waals surface area contributed by atoms with E-state index in [2.05, 4.69) is 4.74 Å². The summed E-state index contributed by atoms with van der Waals surface area (Å²) in [5.74, 6) is -4.07. The van der Waals surface area contributed by atoms with Gasteiger partial charge in [-0.3, -0.25) is 0 Å². The monoisotopic (exact) mass is 489 g/mol. The fourth-order valence-electron chi connectivity index (χ4n) is 2.34. The Morgan fingerprint density at radius 3 is 1.87 bits per heavy atom. The van der Waals surface area contributed by atoms with Gasteiger partial charge in [-0.05, 0) is 29.5 Å². The van der Waals surface area contributed by atoms with Crippen molar-refractivity contribution in [1.82, 2.24) is 0 Å². The minimum absolute atomic E-state index is 0.152. The van der Waals surface area contributed by atoms with Crippen LogP contribution in [0.25, 0.3) is 0 Å². The number of hydrogen-bond acceptors (Lipinski definition) is 10. The second-order valence-electron chi connectivity index (χ2n) is 6.50. The summed E-state index contributed by atoms with van der Waals surface area (Å²) in [5.41, 5.74) is 5.49. The third-order valence-corrected chi connectivity index (χ3v) is 5.84. The van der Waals surface area contributed by atoms with Crippen molar-refractivity contribution >= 4 is 48.1 Å². The Labute approximate surface area is 185 Å². The molecule has 0 saturated heterocycles. The summed E-state index contributed by atoms with van der Waals surface area (Å²) in [6.45, 7) is 3.16. The molecule has 0 heterocycles. The molecule has 0 radical (unpaired) electrons. The van der Waals surface area contributed by atoms with Crippen molar-refractivity contribution in [3.63, 3.8) is 0 Å². The summed E-state index contributed by atoms with van der Waals surface area (Å²) in [6.07, 6.45) is -5.14. The molecular weight excluding hydrogens is 467 g/mol. The maximum absolute atomic E-state index is 12.4. The van der Waals surface area contributed by atoms with E-state index in [4.69, 9.17) is 18.3 Å². The van der Waals surface area contributed by atoms with E-state index in [1.54, 1.807) is 26.0 Å². The number of ether oxygens (including phenoxy) is 1. The van der Waals surface area contributed by atoms with Crippen molar-refractivity contribution in [2.45, 2.75) is 47.2 Å². The van der Waals surface area contributed by atoms with Gasteiger partial charge >= 0.3 is 18.1 Å². The van der Waals surface area contributed by atoms with Gasteiger partial charge in [0.05, 0.1) is 21.3 Å². The molecule has 1 unspecified atom stereocenters. The minimum atomic E-state index is -5.29. The standard InChI is InChI=1S/C17H22F3NO6S3/c1-16(2,13(21)14(22)27-15(23)17(18,19)20)8-10-11(29-25-4)6-9(28-24-3)7-12(10)30-26-5/h6-7,13H,8,21H2,1-5H3. The van der Waals surface area contributed by atoms with Gasteiger partial charge in [-0.2, -0.15) is 13.2 Å². The Balaban J connectivity index is 3.23. The molecule has 0 spiro atoms. The first-order valence-corrected chi connectivity index (χ1v) is 10.5. The maximum Gasteiger partial charge on any atom is 0.491 e. The smallest absolute Gasteiger partial charge is 0.385 e. The van der Waals surface area contributed by atoms with Crippen LogP contribution in [0, 0.1) is 5.41 Å². The minimum Gasteiger partial charge on any atom is -0.385 e. The van der Waals surface area contributed by atoms with Gasteiger partial charge < -0.3 is 23.0 Å². The van der Waals surface area contributed by atoms with Crippen LogP contribution < -0.4 is 5.73 Å². The lowest BCUT2D eigenvalue weighted by atomic mass is 9.79. The summed E-state index contributed by atoms with van der Waals surface area (Å²) in [7, 11) is 4.47. The fraction of sp³-hybridized carbons (Fsp3) is 0.529. The molecule has 0 aliphatic carbocycles. The average Bonchev–Trinajstić information content (AvgIpc) is 2.63. The van der Waals surface area contributed by atoms with E-state index in [0.29, 0.717) is 15.4 Å². The number of esters is 2. The molecule has 2 N–H and O–H groups in total. The highest BCUT2D eigenvalue weighted by molar-refractivity contribution is 7.96. The van der Waals surface area contributed by atoms with Gasteiger partial charge in [0.25, 0.3) is 0 Å². The van der Waals surface area contributed by atoms with E-state index in [1.165, 1.54) is 21.3 Å². The molecule has 1 rings (SSSR count). The topological polar surface area (TPSA) is 97.1 Å². The van der Waals surface area contributed by atoms with Crippen LogP contribution in [0.4, 0.5) is 13.2 Å². The Bertz CT molecular complexity index is 734. The van der Waals surface area contributed by atoms with Crippen molar-refractivity contribution < 1.29 is 40.0 Å². The van der Waals surface area contributed by atoms with Crippen LogP contribution in [0.2, 0.25) is 0 Å². The molecular formula is C17H22F3NO6S3. The van der Waals surface area contributed by atoms with Gasteiger partial charge in [0, 0.05) is 50.8 Å². The molecule has 0 saturated carbocycles. The fourth-order valence-corrected chi connectivity index (χ4v) is 4.35. The molecule has 0 aliphatic heterocycles. The SMILES string of the molecule is COSc1cc(SOC)c(CC(C)(C)C(N)C(=O)OC(=O)C(F)(F)F)c(SOC)c1. The van der Waals surface area contributed by atoms with Gasteiger partial charge in [0.1, 0.15) is 6.04 Å². The number of alkyl halides is 3. The van der Waals surface area contributed by atoms with E-state index < -0.39 is 29.6 Å². The second kappa shape index (κ2) is 11.6. The Morgan fingerprint density at radius 2 is 1.47 bits per heavy atom. The summed E-state index contributed by atoms with van der Waals surface area (Å²) in [4.78, 5) is 25.1. The van der Waals surface area contributed by atoms with E-state index in [1.807, 2.05) is 0 Å². The zero-order valence-corrected chi connectivity index (χ0v) is 19.3. The number of benzene rings is 1. The molecule has 1 aromatic rings. The number of carbonyl (C=O) groups excluding carboxylic acids is 2. The molecule has 13 heteroatoms. The molecule has 0 fully saturated rings. The van der Waals surface area contributed by atoms with Crippen LogP contribution in [0.15, 0.2) is 26.8 Å². The summed E-state index contributed by atoms with van der Waals surface area (Å²) in [6, 6.07) is 2.09. The van der Waals surface area contributed by atoms with Gasteiger partial charge in [-0.25, -0.2) is 9.59 Å². The van der Waals surface area contributed by atoms with Crippen molar-refractivity contribution in [1.29, 1.82) is 0 Å². The van der Waals surface area contributed by atoms with E-state index in [0.717, 1.165) is 41.0 Å². The number of nitrogens with two attached hydrogens (primary N) is 1. The summed E-state index contributed by atoms with van der Waals surface area (Å²) < 4.78 is 56.5. The van der Waals surface area contributed by atoms with Gasteiger partial charge in [0.15, 0.2) is 0 Å². The molecule has 170 valence electrons. The van der Waals surface area contributed by atoms with Gasteiger partial charge in [-0.1, -0.05) is 13.8 Å². The van der Waals surface area contributed by atoms with Gasteiger partial charge in [-0.15, -0.1) is 0 Å². The first-order chi connectivity index (χ1) is 13.9. The third-order valence-electron chi connectivity index (χ3n) is 3.82. The molecule has 1 aromatic carbocycles. The van der Waals surface area contributed by atoms with Crippen LogP contribution in [-0.2, 0) is 33.3 Å². The van der Waals surface area contributed by atoms with Crippen molar-refractivity contribution in [3.05, 3.63) is 17.7 Å². The molecule has 30 heavy (non-hydrogen) atoms. The molecule has 0 bridgehead atoms. The van der Waals surface area contributed by atoms with E-state index in [9.17, 15) is 22.8 Å². The van der Waals surface area contributed by atoms with Crippen LogP contribution >= 0.6 is 36.1 Å². The Morgan fingerprint density at radius 1 is 1.00 bits per heavy atom. The Hall–Kier alpha value is -0.960. The summed E-state index contributed by atoms with van der Waals surface area (Å²) in [5, 5.41) is 0. The largest absolute Gasteiger partial charge is 0.491 e.